The molecule has 1 aliphatic rings. The molecule has 0 bridgehead atoms. The molecule has 6 atom stereocenters. The lowest BCUT2D eigenvalue weighted by molar-refractivity contribution is -0.305. The second kappa shape index (κ2) is 29.3. The summed E-state index contributed by atoms with van der Waals surface area (Å²) in [6.07, 6.45) is 20.0. The summed E-state index contributed by atoms with van der Waals surface area (Å²) in [5, 5.41) is 39.8. The van der Waals surface area contributed by atoms with E-state index in [-0.39, 0.29) is 19.2 Å². The Hall–Kier alpha value is -0.810. The second-order valence-electron chi connectivity index (χ2n) is 13.0. The molecule has 1 fully saturated rings. The number of carbonyl (C=O) groups is 1. The average Bonchev–Trinajstić information content (AvgIpc) is 3.04. The molecular formula is C36H70O9. The van der Waals surface area contributed by atoms with Gasteiger partial charge in [-0.3, -0.25) is 4.79 Å². The first kappa shape index (κ1) is 42.2. The van der Waals surface area contributed by atoms with Gasteiger partial charge < -0.3 is 39.4 Å². The van der Waals surface area contributed by atoms with E-state index < -0.39 is 43.4 Å². The van der Waals surface area contributed by atoms with E-state index in [0.717, 1.165) is 32.1 Å². The zero-order chi connectivity index (χ0) is 33.0. The molecule has 1 saturated heterocycles. The first-order valence-corrected chi connectivity index (χ1v) is 18.6. The number of esters is 1. The van der Waals surface area contributed by atoms with Gasteiger partial charge in [-0.15, -0.1) is 0 Å². The van der Waals surface area contributed by atoms with Gasteiger partial charge in [0.1, 0.15) is 30.5 Å². The lowest BCUT2D eigenvalue weighted by Gasteiger charge is -2.39. The summed E-state index contributed by atoms with van der Waals surface area (Å²) in [5.41, 5.74) is 0. The molecule has 1 heterocycles. The molecule has 0 aromatic carbocycles. The van der Waals surface area contributed by atoms with Crippen LogP contribution in [-0.2, 0) is 23.7 Å². The topological polar surface area (TPSA) is 135 Å². The fourth-order valence-electron chi connectivity index (χ4n) is 5.78. The molecule has 1 rings (SSSR count). The van der Waals surface area contributed by atoms with Crippen LogP contribution in [0.4, 0.5) is 0 Å². The van der Waals surface area contributed by atoms with E-state index >= 15 is 0 Å². The molecule has 4 N–H and O–H groups in total. The van der Waals surface area contributed by atoms with Crippen LogP contribution >= 0.6 is 0 Å². The third-order valence-electron chi connectivity index (χ3n) is 8.77. The van der Waals surface area contributed by atoms with E-state index in [1.807, 2.05) is 0 Å². The number of aliphatic hydroxyl groups is 4. The van der Waals surface area contributed by atoms with E-state index in [4.69, 9.17) is 18.9 Å². The Balaban J connectivity index is 2.26. The summed E-state index contributed by atoms with van der Waals surface area (Å²) in [4.78, 5) is 12.6. The third-order valence-corrected chi connectivity index (χ3v) is 8.77. The van der Waals surface area contributed by atoms with Gasteiger partial charge in [-0.25, -0.2) is 0 Å². The van der Waals surface area contributed by atoms with Crippen molar-refractivity contribution >= 4 is 5.97 Å². The minimum Gasteiger partial charge on any atom is -0.457 e. The Labute approximate surface area is 274 Å². The van der Waals surface area contributed by atoms with Crippen LogP contribution in [0, 0.1) is 0 Å². The summed E-state index contributed by atoms with van der Waals surface area (Å²) >= 11 is 0. The Kier molecular flexibility index (Phi) is 27.5. The molecule has 0 saturated carbocycles. The molecule has 0 aliphatic carbocycles. The standard InChI is InChI=1S/C36H70O9/c1-3-5-7-9-11-12-13-14-15-16-17-18-19-20-21-23-25-32(38)44-30(28-42-26-24-22-10-8-6-4-2)29-43-36-35(41)34(40)33(39)31(27-37)45-36/h30-31,33-37,39-41H,3-29H2,1-2H3. The van der Waals surface area contributed by atoms with Gasteiger partial charge in [0, 0.05) is 13.0 Å². The smallest absolute Gasteiger partial charge is 0.306 e. The maximum atomic E-state index is 12.6. The minimum atomic E-state index is -1.53. The van der Waals surface area contributed by atoms with Gasteiger partial charge in [-0.05, 0) is 12.8 Å². The quantitative estimate of drug-likeness (QED) is 0.0477. The number of ether oxygens (including phenoxy) is 4. The van der Waals surface area contributed by atoms with Gasteiger partial charge in [0.2, 0.25) is 0 Å². The predicted octanol–water partition coefficient (Wildman–Crippen LogP) is 6.74. The van der Waals surface area contributed by atoms with E-state index in [0.29, 0.717) is 13.0 Å². The van der Waals surface area contributed by atoms with Crippen LogP contribution in [0.1, 0.15) is 162 Å². The van der Waals surface area contributed by atoms with Crippen molar-refractivity contribution in [2.45, 2.75) is 198 Å². The molecule has 9 nitrogen and oxygen atoms in total. The summed E-state index contributed by atoms with van der Waals surface area (Å²) in [6.45, 7) is 4.52. The highest BCUT2D eigenvalue weighted by Crippen LogP contribution is 2.22. The Morgan fingerprint density at radius 2 is 1.09 bits per heavy atom. The average molecular weight is 647 g/mol. The molecule has 0 aromatic rings. The molecule has 0 aromatic heterocycles. The maximum absolute atomic E-state index is 12.6. The van der Waals surface area contributed by atoms with Crippen LogP contribution in [0.15, 0.2) is 0 Å². The summed E-state index contributed by atoms with van der Waals surface area (Å²) < 4.78 is 22.6. The van der Waals surface area contributed by atoms with Crippen molar-refractivity contribution in [3.05, 3.63) is 0 Å². The van der Waals surface area contributed by atoms with Crippen LogP contribution in [0.5, 0.6) is 0 Å². The SMILES string of the molecule is CCCCCCCCCCCCCCCCCCC(=O)OC(COCCCCCCCC)COC1OC(CO)C(O)C(O)C1O. The van der Waals surface area contributed by atoms with Crippen molar-refractivity contribution in [2.75, 3.05) is 26.4 Å². The van der Waals surface area contributed by atoms with Gasteiger partial charge in [-0.2, -0.15) is 0 Å². The Morgan fingerprint density at radius 3 is 1.58 bits per heavy atom. The monoisotopic (exact) mass is 647 g/mol. The summed E-state index contributed by atoms with van der Waals surface area (Å²) in [5.74, 6) is -0.314. The van der Waals surface area contributed by atoms with Crippen LogP contribution in [0.3, 0.4) is 0 Å². The third kappa shape index (κ3) is 21.6. The highest BCUT2D eigenvalue weighted by atomic mass is 16.7. The van der Waals surface area contributed by atoms with Crippen molar-refractivity contribution in [3.8, 4) is 0 Å². The van der Waals surface area contributed by atoms with Crippen LogP contribution in [0.25, 0.3) is 0 Å². The van der Waals surface area contributed by atoms with Gasteiger partial charge in [0.05, 0.1) is 19.8 Å². The van der Waals surface area contributed by atoms with E-state index in [9.17, 15) is 25.2 Å². The summed E-state index contributed by atoms with van der Waals surface area (Å²) in [7, 11) is 0. The highest BCUT2D eigenvalue weighted by Gasteiger charge is 2.44. The van der Waals surface area contributed by atoms with Gasteiger partial charge >= 0.3 is 5.97 Å². The second-order valence-corrected chi connectivity index (χ2v) is 13.0. The summed E-state index contributed by atoms with van der Waals surface area (Å²) in [6, 6.07) is 0. The lowest BCUT2D eigenvalue weighted by atomic mass is 9.99. The zero-order valence-corrected chi connectivity index (χ0v) is 28.9. The van der Waals surface area contributed by atoms with Gasteiger partial charge in [-0.1, -0.05) is 142 Å². The molecule has 1 aliphatic heterocycles. The molecule has 0 spiro atoms. The number of aliphatic hydroxyl groups excluding tert-OH is 4. The number of hydrogen-bond acceptors (Lipinski definition) is 9. The molecule has 6 unspecified atom stereocenters. The zero-order valence-electron chi connectivity index (χ0n) is 28.9. The Morgan fingerprint density at radius 1 is 0.622 bits per heavy atom. The first-order chi connectivity index (χ1) is 21.9. The van der Waals surface area contributed by atoms with Crippen LogP contribution < -0.4 is 0 Å². The molecule has 9 heteroatoms. The van der Waals surface area contributed by atoms with Crippen molar-refractivity contribution in [2.24, 2.45) is 0 Å². The highest BCUT2D eigenvalue weighted by molar-refractivity contribution is 5.69. The molecule has 0 radical (unpaired) electrons. The normalized spacial score (nSPS) is 22.5. The maximum Gasteiger partial charge on any atom is 0.306 e. The van der Waals surface area contributed by atoms with Crippen LogP contribution in [0.2, 0.25) is 0 Å². The van der Waals surface area contributed by atoms with Crippen molar-refractivity contribution < 1.29 is 44.2 Å². The van der Waals surface area contributed by atoms with Crippen molar-refractivity contribution in [3.63, 3.8) is 0 Å². The number of hydrogen-bond donors (Lipinski definition) is 4. The fourth-order valence-corrected chi connectivity index (χ4v) is 5.78. The fraction of sp³-hybridized carbons (Fsp3) is 0.972. The number of unbranched alkanes of at least 4 members (excludes halogenated alkanes) is 20. The molecule has 268 valence electrons. The molecule has 0 amide bonds. The van der Waals surface area contributed by atoms with Crippen LogP contribution in [-0.4, -0.2) is 89.6 Å². The van der Waals surface area contributed by atoms with E-state index in [1.54, 1.807) is 0 Å². The lowest BCUT2D eigenvalue weighted by Crippen LogP contribution is -2.59. The van der Waals surface area contributed by atoms with Gasteiger partial charge in [0.15, 0.2) is 6.29 Å². The first-order valence-electron chi connectivity index (χ1n) is 18.6. The number of carbonyl (C=O) groups excluding carboxylic acids is 1. The molecular weight excluding hydrogens is 576 g/mol. The Bertz CT molecular complexity index is 662. The van der Waals surface area contributed by atoms with E-state index in [2.05, 4.69) is 13.8 Å². The molecule has 45 heavy (non-hydrogen) atoms. The van der Waals surface area contributed by atoms with E-state index in [1.165, 1.54) is 109 Å². The minimum absolute atomic E-state index is 0.107. The predicted molar refractivity (Wildman–Crippen MR) is 178 cm³/mol. The largest absolute Gasteiger partial charge is 0.457 e. The van der Waals surface area contributed by atoms with Crippen molar-refractivity contribution in [1.29, 1.82) is 0 Å². The van der Waals surface area contributed by atoms with Gasteiger partial charge in [0.25, 0.3) is 0 Å². The van der Waals surface area contributed by atoms with Crippen molar-refractivity contribution in [1.82, 2.24) is 0 Å². The number of rotatable bonds is 31.